The second-order valence-electron chi connectivity index (χ2n) is 13.3. The van der Waals surface area contributed by atoms with E-state index in [0.717, 1.165) is 72.0 Å². The minimum Gasteiger partial charge on any atom is -0.393 e. The highest BCUT2D eigenvalue weighted by Crippen LogP contribution is 2.68. The van der Waals surface area contributed by atoms with Gasteiger partial charge in [0, 0.05) is 18.0 Å². The molecule has 4 fully saturated rings. The summed E-state index contributed by atoms with van der Waals surface area (Å²) in [7, 11) is 0. The van der Waals surface area contributed by atoms with Gasteiger partial charge in [0.1, 0.15) is 11.6 Å². The number of nitrogens with zero attached hydrogens (tertiary/aromatic N) is 2. The number of benzene rings is 1. The van der Waals surface area contributed by atoms with E-state index in [9.17, 15) is 9.50 Å². The lowest BCUT2D eigenvalue weighted by molar-refractivity contribution is -0.129. The number of aromatic nitrogens is 2. The van der Waals surface area contributed by atoms with Crippen LogP contribution in [0.4, 0.5) is 4.39 Å². The predicted octanol–water partition coefficient (Wildman–Crippen LogP) is 7.36. The molecule has 190 valence electrons. The van der Waals surface area contributed by atoms with Gasteiger partial charge in [0.15, 0.2) is 0 Å². The van der Waals surface area contributed by atoms with Gasteiger partial charge in [-0.3, -0.25) is 0 Å². The molecule has 9 atom stereocenters. The fourth-order valence-electron chi connectivity index (χ4n) is 9.93. The molecular formula is C31H43FN2O. The average Bonchev–Trinajstić information content (AvgIpc) is 3.20. The molecule has 4 heteroatoms. The van der Waals surface area contributed by atoms with Crippen molar-refractivity contribution in [2.24, 2.45) is 46.3 Å². The number of fused-ring (bicyclic) bond motifs is 6. The number of aliphatic hydroxyl groups excluding tert-OH is 1. The van der Waals surface area contributed by atoms with Crippen LogP contribution in [0.25, 0.3) is 10.9 Å². The lowest BCUT2D eigenvalue weighted by Crippen LogP contribution is -2.54. The summed E-state index contributed by atoms with van der Waals surface area (Å²) in [4.78, 5) is 9.28. The van der Waals surface area contributed by atoms with Gasteiger partial charge in [0.25, 0.3) is 0 Å². The summed E-state index contributed by atoms with van der Waals surface area (Å²) in [5.41, 5.74) is 1.78. The molecule has 4 aliphatic carbocycles. The Morgan fingerprint density at radius 1 is 1.03 bits per heavy atom. The third-order valence-electron chi connectivity index (χ3n) is 11.8. The number of halogens is 1. The summed E-state index contributed by atoms with van der Waals surface area (Å²) in [5.74, 6) is 5.52. The normalized spacial score (nSPS) is 41.7. The van der Waals surface area contributed by atoms with Crippen molar-refractivity contribution in [3.8, 4) is 0 Å². The van der Waals surface area contributed by atoms with Crippen molar-refractivity contribution in [1.82, 2.24) is 9.97 Å². The Hall–Kier alpha value is -1.55. The summed E-state index contributed by atoms with van der Waals surface area (Å²) in [6.07, 6.45) is 15.4. The molecule has 1 heterocycles. The van der Waals surface area contributed by atoms with E-state index in [-0.39, 0.29) is 11.9 Å². The lowest BCUT2D eigenvalue weighted by Gasteiger charge is -2.61. The van der Waals surface area contributed by atoms with E-state index in [0.29, 0.717) is 16.7 Å². The van der Waals surface area contributed by atoms with Crippen molar-refractivity contribution in [3.05, 3.63) is 36.0 Å². The largest absolute Gasteiger partial charge is 0.393 e. The smallest absolute Gasteiger partial charge is 0.128 e. The number of aliphatic hydroxyl groups is 1. The monoisotopic (exact) mass is 478 g/mol. The van der Waals surface area contributed by atoms with Crippen LogP contribution in [-0.2, 0) is 6.42 Å². The molecule has 0 spiro atoms. The zero-order chi connectivity index (χ0) is 24.4. The molecular weight excluding hydrogens is 435 g/mol. The van der Waals surface area contributed by atoms with Crippen molar-refractivity contribution in [2.75, 3.05) is 0 Å². The third-order valence-corrected chi connectivity index (χ3v) is 11.8. The SMILES string of the molecule is C[C@H](CCc1ncc2cc(F)ccc2n1)C1CCC2C3CCC4C[C@H](O)CCC4(C)C3CCC21C. The number of hydrogen-bond donors (Lipinski definition) is 1. The summed E-state index contributed by atoms with van der Waals surface area (Å²) in [6, 6.07) is 4.77. The molecule has 1 aromatic heterocycles. The Labute approximate surface area is 210 Å². The molecule has 0 aliphatic heterocycles. The summed E-state index contributed by atoms with van der Waals surface area (Å²) >= 11 is 0. The van der Waals surface area contributed by atoms with Crippen LogP contribution in [0.2, 0.25) is 0 Å². The second-order valence-corrected chi connectivity index (χ2v) is 13.3. The van der Waals surface area contributed by atoms with Gasteiger partial charge in [-0.05, 0) is 129 Å². The highest BCUT2D eigenvalue weighted by atomic mass is 19.1. The van der Waals surface area contributed by atoms with Crippen molar-refractivity contribution >= 4 is 10.9 Å². The number of hydrogen-bond acceptors (Lipinski definition) is 3. The Kier molecular flexibility index (Phi) is 5.98. The first-order valence-electron chi connectivity index (χ1n) is 14.4. The first-order valence-corrected chi connectivity index (χ1v) is 14.4. The molecule has 4 saturated carbocycles. The van der Waals surface area contributed by atoms with Crippen LogP contribution in [0, 0.1) is 52.2 Å². The topological polar surface area (TPSA) is 46.0 Å². The Morgan fingerprint density at radius 2 is 1.83 bits per heavy atom. The molecule has 0 amide bonds. The Bertz CT molecular complexity index is 1090. The zero-order valence-corrected chi connectivity index (χ0v) is 21.8. The van der Waals surface area contributed by atoms with Crippen LogP contribution in [0.15, 0.2) is 24.4 Å². The van der Waals surface area contributed by atoms with Crippen molar-refractivity contribution in [2.45, 2.75) is 97.5 Å². The van der Waals surface area contributed by atoms with Gasteiger partial charge in [-0.2, -0.15) is 0 Å². The molecule has 0 saturated heterocycles. The Balaban J connectivity index is 1.14. The number of aryl methyl sites for hydroxylation is 1. The lowest BCUT2D eigenvalue weighted by atomic mass is 9.44. The van der Waals surface area contributed by atoms with E-state index >= 15 is 0 Å². The molecule has 1 N–H and O–H groups in total. The van der Waals surface area contributed by atoms with Crippen LogP contribution in [0.3, 0.4) is 0 Å². The van der Waals surface area contributed by atoms with Crippen LogP contribution in [0.5, 0.6) is 0 Å². The number of rotatable bonds is 4. The van der Waals surface area contributed by atoms with E-state index in [2.05, 4.69) is 25.8 Å². The van der Waals surface area contributed by atoms with Crippen LogP contribution in [-0.4, -0.2) is 21.2 Å². The summed E-state index contributed by atoms with van der Waals surface area (Å²) in [5, 5.41) is 11.1. The Morgan fingerprint density at radius 3 is 2.69 bits per heavy atom. The van der Waals surface area contributed by atoms with Gasteiger partial charge in [0.2, 0.25) is 0 Å². The minimum absolute atomic E-state index is 0.0528. The maximum absolute atomic E-state index is 13.5. The summed E-state index contributed by atoms with van der Waals surface area (Å²) < 4.78 is 13.5. The molecule has 6 rings (SSSR count). The maximum atomic E-state index is 13.5. The quantitative estimate of drug-likeness (QED) is 0.499. The van der Waals surface area contributed by atoms with E-state index in [1.807, 2.05) is 0 Å². The second kappa shape index (κ2) is 8.78. The molecule has 7 unspecified atom stereocenters. The molecule has 2 aromatic rings. The standard InChI is InChI=1S/C31H43FN2O/c1-19(4-11-29-33-18-20-16-22(32)6-10-28(20)34-29)25-8-9-26-24-7-5-21-17-23(35)12-14-30(21,2)27(24)13-15-31(25,26)3/h6,10,16,18-19,21,23-27,35H,4-5,7-9,11-15,17H2,1-3H3/t19-,21?,23-,24?,25?,26?,27?,30?,31?/m1/s1. The predicted molar refractivity (Wildman–Crippen MR) is 138 cm³/mol. The third kappa shape index (κ3) is 3.93. The molecule has 1 aromatic carbocycles. The van der Waals surface area contributed by atoms with Gasteiger partial charge in [-0.25, -0.2) is 14.4 Å². The van der Waals surface area contributed by atoms with Crippen LogP contribution >= 0.6 is 0 Å². The first-order chi connectivity index (χ1) is 16.8. The molecule has 4 aliphatic rings. The first kappa shape index (κ1) is 23.8. The van der Waals surface area contributed by atoms with Gasteiger partial charge >= 0.3 is 0 Å². The van der Waals surface area contributed by atoms with Gasteiger partial charge in [0.05, 0.1) is 11.6 Å². The fraction of sp³-hybridized carbons (Fsp3) is 0.742. The molecule has 0 bridgehead atoms. The fourth-order valence-corrected chi connectivity index (χ4v) is 9.93. The van der Waals surface area contributed by atoms with Crippen molar-refractivity contribution < 1.29 is 9.50 Å². The van der Waals surface area contributed by atoms with E-state index in [1.54, 1.807) is 12.3 Å². The zero-order valence-electron chi connectivity index (χ0n) is 21.8. The van der Waals surface area contributed by atoms with Crippen molar-refractivity contribution in [1.29, 1.82) is 0 Å². The van der Waals surface area contributed by atoms with Crippen LogP contribution in [0.1, 0.15) is 90.8 Å². The highest BCUT2D eigenvalue weighted by Gasteiger charge is 2.60. The molecule has 35 heavy (non-hydrogen) atoms. The van der Waals surface area contributed by atoms with Gasteiger partial charge in [-0.15, -0.1) is 0 Å². The highest BCUT2D eigenvalue weighted by molar-refractivity contribution is 5.77. The van der Waals surface area contributed by atoms with Gasteiger partial charge < -0.3 is 5.11 Å². The minimum atomic E-state index is -0.232. The average molecular weight is 479 g/mol. The molecule has 0 radical (unpaired) electrons. The van der Waals surface area contributed by atoms with Gasteiger partial charge in [-0.1, -0.05) is 20.8 Å². The summed E-state index contributed by atoms with van der Waals surface area (Å²) in [6.45, 7) is 7.71. The van der Waals surface area contributed by atoms with E-state index in [1.165, 1.54) is 57.1 Å². The van der Waals surface area contributed by atoms with E-state index in [4.69, 9.17) is 4.98 Å². The molecule has 3 nitrogen and oxygen atoms in total. The van der Waals surface area contributed by atoms with Crippen molar-refractivity contribution in [3.63, 3.8) is 0 Å². The van der Waals surface area contributed by atoms with Crippen LogP contribution < -0.4 is 0 Å². The maximum Gasteiger partial charge on any atom is 0.128 e. The van der Waals surface area contributed by atoms with E-state index < -0.39 is 0 Å².